The van der Waals surface area contributed by atoms with Crippen LogP contribution < -0.4 is 5.32 Å². The Labute approximate surface area is 93.2 Å². The third kappa shape index (κ3) is 3.44. The van der Waals surface area contributed by atoms with Gasteiger partial charge in [0.15, 0.2) is 0 Å². The molecule has 0 aromatic heterocycles. The number of ether oxygens (including phenoxy) is 1. The van der Waals surface area contributed by atoms with Crippen molar-refractivity contribution in [1.82, 2.24) is 10.2 Å². The van der Waals surface area contributed by atoms with E-state index in [1.54, 1.807) is 0 Å². The van der Waals surface area contributed by atoms with E-state index in [4.69, 9.17) is 4.74 Å². The Morgan fingerprint density at radius 3 is 2.60 bits per heavy atom. The summed E-state index contributed by atoms with van der Waals surface area (Å²) < 4.78 is 5.61. The minimum atomic E-state index is 0.763. The van der Waals surface area contributed by atoms with Crippen LogP contribution in [-0.4, -0.2) is 49.8 Å². The molecule has 2 rings (SSSR count). The molecular weight excluding hydrogens is 188 g/mol. The predicted molar refractivity (Wildman–Crippen MR) is 62.1 cm³/mol. The first kappa shape index (κ1) is 11.4. The van der Waals surface area contributed by atoms with E-state index in [1.165, 1.54) is 38.8 Å². The highest BCUT2D eigenvalue weighted by Crippen LogP contribution is 2.19. The lowest BCUT2D eigenvalue weighted by Gasteiger charge is -2.32. The first-order valence-corrected chi connectivity index (χ1v) is 6.44. The lowest BCUT2D eigenvalue weighted by molar-refractivity contribution is 0.0889. The maximum atomic E-state index is 5.61. The summed E-state index contributed by atoms with van der Waals surface area (Å²) in [5, 5.41) is 3.65. The fourth-order valence-electron chi connectivity index (χ4n) is 2.61. The Hall–Kier alpha value is -0.120. The van der Waals surface area contributed by atoms with Gasteiger partial charge in [-0.15, -0.1) is 0 Å². The first-order chi connectivity index (χ1) is 7.38. The molecule has 0 spiro atoms. The molecule has 0 aromatic rings. The standard InChI is InChI=1S/C12H24N2O/c1-2-3-7-15-8-6-14-9-11-4-5-12(10-14)13-11/h11-13H,2-10H2,1H3. The van der Waals surface area contributed by atoms with Crippen LogP contribution in [0.25, 0.3) is 0 Å². The van der Waals surface area contributed by atoms with Crippen molar-refractivity contribution in [2.24, 2.45) is 0 Å². The summed E-state index contributed by atoms with van der Waals surface area (Å²) in [4.78, 5) is 2.56. The molecule has 88 valence electrons. The first-order valence-electron chi connectivity index (χ1n) is 6.44. The molecule has 15 heavy (non-hydrogen) atoms. The van der Waals surface area contributed by atoms with E-state index in [0.717, 1.165) is 31.8 Å². The third-order valence-corrected chi connectivity index (χ3v) is 3.49. The zero-order valence-corrected chi connectivity index (χ0v) is 9.87. The summed E-state index contributed by atoms with van der Waals surface area (Å²) in [6.45, 7) is 7.64. The highest BCUT2D eigenvalue weighted by atomic mass is 16.5. The van der Waals surface area contributed by atoms with Crippen LogP contribution in [0.3, 0.4) is 0 Å². The fraction of sp³-hybridized carbons (Fsp3) is 1.00. The van der Waals surface area contributed by atoms with Crippen molar-refractivity contribution in [3.63, 3.8) is 0 Å². The van der Waals surface area contributed by atoms with Crippen molar-refractivity contribution < 1.29 is 4.74 Å². The number of piperazine rings is 1. The normalized spacial score (nSPS) is 31.0. The number of likely N-dealkylation sites (tertiary alicyclic amines) is 1. The number of hydrogen-bond donors (Lipinski definition) is 1. The van der Waals surface area contributed by atoms with Crippen molar-refractivity contribution >= 4 is 0 Å². The molecule has 3 heteroatoms. The van der Waals surface area contributed by atoms with Gasteiger partial charge < -0.3 is 10.1 Å². The van der Waals surface area contributed by atoms with Crippen LogP contribution in [0, 0.1) is 0 Å². The number of nitrogens with zero attached hydrogens (tertiary/aromatic N) is 1. The summed E-state index contributed by atoms with van der Waals surface area (Å²) in [6, 6.07) is 1.53. The molecule has 2 aliphatic heterocycles. The molecule has 0 radical (unpaired) electrons. The van der Waals surface area contributed by atoms with Gasteiger partial charge in [0.2, 0.25) is 0 Å². The Kier molecular flexibility index (Phi) is 4.42. The topological polar surface area (TPSA) is 24.5 Å². The van der Waals surface area contributed by atoms with Crippen LogP contribution in [0.15, 0.2) is 0 Å². The van der Waals surface area contributed by atoms with E-state index in [0.29, 0.717) is 0 Å². The van der Waals surface area contributed by atoms with E-state index in [9.17, 15) is 0 Å². The van der Waals surface area contributed by atoms with Crippen molar-refractivity contribution in [3.05, 3.63) is 0 Å². The molecule has 2 heterocycles. The van der Waals surface area contributed by atoms with Gasteiger partial charge in [0.1, 0.15) is 0 Å². The van der Waals surface area contributed by atoms with Crippen LogP contribution in [-0.2, 0) is 4.74 Å². The SMILES string of the molecule is CCCCOCCN1CC2CCC(C1)N2. The van der Waals surface area contributed by atoms with Crippen LogP contribution in [0.1, 0.15) is 32.6 Å². The zero-order valence-electron chi connectivity index (χ0n) is 9.87. The molecule has 2 fully saturated rings. The van der Waals surface area contributed by atoms with E-state index < -0.39 is 0 Å². The average Bonchev–Trinajstić information content (AvgIpc) is 2.58. The van der Waals surface area contributed by atoms with E-state index in [2.05, 4.69) is 17.1 Å². The van der Waals surface area contributed by atoms with Crippen molar-refractivity contribution in [1.29, 1.82) is 0 Å². The van der Waals surface area contributed by atoms with Gasteiger partial charge >= 0.3 is 0 Å². The van der Waals surface area contributed by atoms with E-state index in [-0.39, 0.29) is 0 Å². The number of hydrogen-bond acceptors (Lipinski definition) is 3. The number of fused-ring (bicyclic) bond motifs is 2. The lowest BCUT2D eigenvalue weighted by Crippen LogP contribution is -2.51. The maximum Gasteiger partial charge on any atom is 0.0593 e. The van der Waals surface area contributed by atoms with E-state index >= 15 is 0 Å². The monoisotopic (exact) mass is 212 g/mol. The molecule has 1 N–H and O–H groups in total. The molecule has 2 aliphatic rings. The molecule has 2 atom stereocenters. The van der Waals surface area contributed by atoms with Gasteiger partial charge in [0, 0.05) is 38.3 Å². The molecule has 2 saturated heterocycles. The number of rotatable bonds is 6. The average molecular weight is 212 g/mol. The van der Waals surface area contributed by atoms with Gasteiger partial charge in [0.25, 0.3) is 0 Å². The highest BCUT2D eigenvalue weighted by molar-refractivity contribution is 4.92. The van der Waals surface area contributed by atoms with Gasteiger partial charge in [-0.05, 0) is 19.3 Å². The van der Waals surface area contributed by atoms with Crippen molar-refractivity contribution in [2.45, 2.75) is 44.7 Å². The van der Waals surface area contributed by atoms with Crippen LogP contribution in [0.2, 0.25) is 0 Å². The smallest absolute Gasteiger partial charge is 0.0593 e. The summed E-state index contributed by atoms with van der Waals surface area (Å²) >= 11 is 0. The summed E-state index contributed by atoms with van der Waals surface area (Å²) in [5.41, 5.74) is 0. The van der Waals surface area contributed by atoms with Crippen LogP contribution in [0.4, 0.5) is 0 Å². The fourth-order valence-corrected chi connectivity index (χ4v) is 2.61. The van der Waals surface area contributed by atoms with Gasteiger partial charge in [-0.3, -0.25) is 4.90 Å². The second-order valence-electron chi connectivity index (χ2n) is 4.86. The zero-order chi connectivity index (χ0) is 10.5. The van der Waals surface area contributed by atoms with Gasteiger partial charge in [0.05, 0.1) is 6.61 Å². The van der Waals surface area contributed by atoms with Crippen LogP contribution in [0.5, 0.6) is 0 Å². The minimum Gasteiger partial charge on any atom is -0.380 e. The second-order valence-corrected chi connectivity index (χ2v) is 4.86. The van der Waals surface area contributed by atoms with Gasteiger partial charge in [-0.2, -0.15) is 0 Å². The Balaban J connectivity index is 1.56. The van der Waals surface area contributed by atoms with Crippen molar-refractivity contribution in [2.75, 3.05) is 32.8 Å². The second kappa shape index (κ2) is 5.83. The Bertz CT molecular complexity index is 174. The molecule has 0 aliphatic carbocycles. The maximum absolute atomic E-state index is 5.61. The molecule has 2 unspecified atom stereocenters. The van der Waals surface area contributed by atoms with Crippen molar-refractivity contribution in [3.8, 4) is 0 Å². The van der Waals surface area contributed by atoms with Gasteiger partial charge in [-0.25, -0.2) is 0 Å². The Morgan fingerprint density at radius 2 is 1.93 bits per heavy atom. The molecule has 0 saturated carbocycles. The number of unbranched alkanes of at least 4 members (excludes halogenated alkanes) is 1. The molecule has 2 bridgehead atoms. The summed E-state index contributed by atoms with van der Waals surface area (Å²) in [7, 11) is 0. The largest absolute Gasteiger partial charge is 0.380 e. The molecule has 3 nitrogen and oxygen atoms in total. The Morgan fingerprint density at radius 1 is 1.20 bits per heavy atom. The molecule has 0 amide bonds. The molecular formula is C12H24N2O. The quantitative estimate of drug-likeness (QED) is 0.670. The van der Waals surface area contributed by atoms with Crippen LogP contribution >= 0.6 is 0 Å². The van der Waals surface area contributed by atoms with Gasteiger partial charge in [-0.1, -0.05) is 13.3 Å². The minimum absolute atomic E-state index is 0.763. The van der Waals surface area contributed by atoms with E-state index in [1.807, 2.05) is 0 Å². The molecule has 0 aromatic carbocycles. The number of nitrogens with one attached hydrogen (secondary N) is 1. The summed E-state index contributed by atoms with van der Waals surface area (Å²) in [5.74, 6) is 0. The predicted octanol–water partition coefficient (Wildman–Crippen LogP) is 1.24. The highest BCUT2D eigenvalue weighted by Gasteiger charge is 2.31. The third-order valence-electron chi connectivity index (χ3n) is 3.49. The lowest BCUT2D eigenvalue weighted by atomic mass is 10.2. The summed E-state index contributed by atoms with van der Waals surface area (Å²) in [6.07, 6.45) is 5.18.